The Kier molecular flexibility index (Phi) is 6.07. The van der Waals surface area contributed by atoms with Crippen molar-refractivity contribution in [2.45, 2.75) is 24.6 Å². The summed E-state index contributed by atoms with van der Waals surface area (Å²) in [6.07, 6.45) is -2.43. The van der Waals surface area contributed by atoms with E-state index in [1.54, 1.807) is 18.2 Å². The van der Waals surface area contributed by atoms with Crippen LogP contribution in [0.4, 0.5) is 18.0 Å². The zero-order valence-electron chi connectivity index (χ0n) is 17.4. The van der Waals surface area contributed by atoms with Crippen LogP contribution in [0.5, 0.6) is 0 Å². The van der Waals surface area contributed by atoms with Crippen molar-refractivity contribution in [2.24, 2.45) is 5.92 Å². The average Bonchev–Trinajstić information content (AvgIpc) is 3.11. The quantitative estimate of drug-likeness (QED) is 0.592. The molecule has 0 bridgehead atoms. The summed E-state index contributed by atoms with van der Waals surface area (Å²) >= 11 is 0. The predicted molar refractivity (Wildman–Crippen MR) is 110 cm³/mol. The van der Waals surface area contributed by atoms with Crippen LogP contribution >= 0.6 is 0 Å². The topological polar surface area (TPSA) is 109 Å². The minimum Gasteiger partial charge on any atom is -0.381 e. The van der Waals surface area contributed by atoms with Crippen molar-refractivity contribution < 1.29 is 32.3 Å². The molecule has 33 heavy (non-hydrogen) atoms. The second-order valence-electron chi connectivity index (χ2n) is 7.92. The van der Waals surface area contributed by atoms with Gasteiger partial charge in [0.05, 0.1) is 6.54 Å². The molecule has 1 atom stereocenters. The molecule has 4 rings (SSSR count). The van der Waals surface area contributed by atoms with E-state index in [1.165, 1.54) is 12.1 Å². The highest BCUT2D eigenvalue weighted by atomic mass is 19.4. The van der Waals surface area contributed by atoms with Crippen molar-refractivity contribution in [3.05, 3.63) is 53.9 Å². The average molecular weight is 462 g/mol. The molecule has 1 unspecified atom stereocenters. The van der Waals surface area contributed by atoms with Crippen LogP contribution in [0.2, 0.25) is 0 Å². The first-order valence-electron chi connectivity index (χ1n) is 10.3. The number of amides is 4. The SMILES string of the molecule is O=C1NC(=O)C(CNC(=O)c2ccccc2-c2ccc(C(F)(F)F)nc2)(C2CCOCC2)N1. The largest absolute Gasteiger partial charge is 0.433 e. The van der Waals surface area contributed by atoms with Gasteiger partial charge in [-0.05, 0) is 36.5 Å². The highest BCUT2D eigenvalue weighted by Gasteiger charge is 2.52. The van der Waals surface area contributed by atoms with Crippen LogP contribution in [0.3, 0.4) is 0 Å². The van der Waals surface area contributed by atoms with Crippen molar-refractivity contribution >= 4 is 17.8 Å². The van der Waals surface area contributed by atoms with Gasteiger partial charge in [-0.2, -0.15) is 13.2 Å². The van der Waals surface area contributed by atoms with Crippen LogP contribution in [0.25, 0.3) is 11.1 Å². The molecule has 174 valence electrons. The van der Waals surface area contributed by atoms with Gasteiger partial charge in [0.15, 0.2) is 0 Å². The van der Waals surface area contributed by atoms with Gasteiger partial charge in [-0.3, -0.25) is 19.9 Å². The predicted octanol–water partition coefficient (Wildman–Crippen LogP) is 2.50. The molecule has 4 amide bonds. The highest BCUT2D eigenvalue weighted by molar-refractivity contribution is 6.08. The molecule has 0 saturated carbocycles. The summed E-state index contributed by atoms with van der Waals surface area (Å²) in [6, 6.07) is 7.86. The number of aromatic nitrogens is 1. The van der Waals surface area contributed by atoms with Gasteiger partial charge in [-0.25, -0.2) is 4.79 Å². The minimum atomic E-state index is -4.57. The first-order valence-corrected chi connectivity index (χ1v) is 10.3. The fourth-order valence-electron chi connectivity index (χ4n) is 4.22. The van der Waals surface area contributed by atoms with Crippen LogP contribution in [-0.2, 0) is 15.7 Å². The van der Waals surface area contributed by atoms with Crippen molar-refractivity contribution in [3.8, 4) is 11.1 Å². The van der Waals surface area contributed by atoms with E-state index in [9.17, 15) is 27.6 Å². The Morgan fingerprint density at radius 3 is 2.48 bits per heavy atom. The molecule has 8 nitrogen and oxygen atoms in total. The lowest BCUT2D eigenvalue weighted by Gasteiger charge is -2.37. The number of ether oxygens (including phenoxy) is 1. The van der Waals surface area contributed by atoms with E-state index in [0.717, 1.165) is 12.3 Å². The Morgan fingerprint density at radius 1 is 1.15 bits per heavy atom. The van der Waals surface area contributed by atoms with Crippen LogP contribution < -0.4 is 16.0 Å². The molecule has 2 aromatic rings. The lowest BCUT2D eigenvalue weighted by atomic mass is 9.78. The number of nitrogens with one attached hydrogen (secondary N) is 3. The summed E-state index contributed by atoms with van der Waals surface area (Å²) in [5.74, 6) is -1.28. The van der Waals surface area contributed by atoms with Gasteiger partial charge in [-0.1, -0.05) is 24.3 Å². The number of imide groups is 1. The molecule has 2 saturated heterocycles. The molecule has 1 aromatic heterocycles. The monoisotopic (exact) mass is 462 g/mol. The molecule has 0 spiro atoms. The van der Waals surface area contributed by atoms with E-state index in [1.807, 2.05) is 0 Å². The molecule has 0 radical (unpaired) electrons. The maximum absolute atomic E-state index is 13.1. The summed E-state index contributed by atoms with van der Waals surface area (Å²) in [6.45, 7) is 0.730. The number of carbonyl (C=O) groups excluding carboxylic acids is 3. The third-order valence-corrected chi connectivity index (χ3v) is 5.95. The Balaban J connectivity index is 1.56. The number of hydrogen-bond acceptors (Lipinski definition) is 5. The lowest BCUT2D eigenvalue weighted by molar-refractivity contribution is -0.141. The van der Waals surface area contributed by atoms with Crippen molar-refractivity contribution in [2.75, 3.05) is 19.8 Å². The Hall–Kier alpha value is -3.47. The molecule has 11 heteroatoms. The van der Waals surface area contributed by atoms with Crippen molar-refractivity contribution in [3.63, 3.8) is 0 Å². The van der Waals surface area contributed by atoms with Crippen LogP contribution in [0, 0.1) is 5.92 Å². The number of carbonyl (C=O) groups is 3. The molecule has 3 heterocycles. The molecular formula is C22H21F3N4O4. The molecule has 2 fully saturated rings. The van der Waals surface area contributed by atoms with Gasteiger partial charge in [0, 0.05) is 30.5 Å². The van der Waals surface area contributed by atoms with E-state index in [4.69, 9.17) is 4.74 Å². The molecule has 0 aliphatic carbocycles. The number of urea groups is 1. The standard InChI is InChI=1S/C22H21F3N4O4/c23-22(24,25)17-6-5-13(11-26-17)15-3-1-2-4-16(15)18(30)27-12-21(14-7-9-33-10-8-14)19(31)28-20(32)29-21/h1-6,11,14H,7-10,12H2,(H,27,30)(H2,28,29,31,32). The van der Waals surface area contributed by atoms with E-state index < -0.39 is 35.3 Å². The van der Waals surface area contributed by atoms with Gasteiger partial charge < -0.3 is 15.4 Å². The Labute approximate surface area is 186 Å². The zero-order chi connectivity index (χ0) is 23.6. The second-order valence-corrected chi connectivity index (χ2v) is 7.92. The first-order chi connectivity index (χ1) is 15.7. The maximum atomic E-state index is 13.1. The minimum absolute atomic E-state index is 0.145. The number of benzene rings is 1. The smallest absolute Gasteiger partial charge is 0.381 e. The lowest BCUT2D eigenvalue weighted by Crippen LogP contribution is -2.61. The van der Waals surface area contributed by atoms with Gasteiger partial charge in [0.1, 0.15) is 11.2 Å². The van der Waals surface area contributed by atoms with Crippen LogP contribution in [-0.4, -0.2) is 48.1 Å². The molecule has 2 aliphatic rings. The van der Waals surface area contributed by atoms with Crippen LogP contribution in [0.15, 0.2) is 42.6 Å². The molecule has 1 aromatic carbocycles. The van der Waals surface area contributed by atoms with Crippen molar-refractivity contribution in [1.29, 1.82) is 0 Å². The number of alkyl halides is 3. The van der Waals surface area contributed by atoms with Gasteiger partial charge in [-0.15, -0.1) is 0 Å². The third-order valence-electron chi connectivity index (χ3n) is 5.95. The Morgan fingerprint density at radius 2 is 1.88 bits per heavy atom. The summed E-state index contributed by atoms with van der Waals surface area (Å²) in [7, 11) is 0. The molecule has 3 N–H and O–H groups in total. The van der Waals surface area contributed by atoms with Crippen LogP contribution in [0.1, 0.15) is 28.9 Å². The third kappa shape index (κ3) is 4.54. The summed E-state index contributed by atoms with van der Waals surface area (Å²) < 4.78 is 43.8. The number of pyridine rings is 1. The fraction of sp³-hybridized carbons (Fsp3) is 0.364. The first kappa shape index (κ1) is 22.7. The van der Waals surface area contributed by atoms with E-state index in [-0.39, 0.29) is 18.0 Å². The number of halogens is 3. The number of hydrogen-bond donors (Lipinski definition) is 3. The van der Waals surface area contributed by atoms with Gasteiger partial charge in [0.25, 0.3) is 11.8 Å². The normalized spacial score (nSPS) is 21.4. The number of rotatable bonds is 5. The van der Waals surface area contributed by atoms with Gasteiger partial charge >= 0.3 is 12.2 Å². The highest BCUT2D eigenvalue weighted by Crippen LogP contribution is 2.31. The van der Waals surface area contributed by atoms with Gasteiger partial charge in [0.2, 0.25) is 0 Å². The van der Waals surface area contributed by atoms with E-state index >= 15 is 0 Å². The summed E-state index contributed by atoms with van der Waals surface area (Å²) in [4.78, 5) is 41.1. The zero-order valence-corrected chi connectivity index (χ0v) is 17.4. The van der Waals surface area contributed by atoms with E-state index in [0.29, 0.717) is 37.2 Å². The summed E-state index contributed by atoms with van der Waals surface area (Å²) in [5.41, 5.74) is -1.42. The fourth-order valence-corrected chi connectivity index (χ4v) is 4.22. The molecule has 2 aliphatic heterocycles. The summed E-state index contributed by atoms with van der Waals surface area (Å²) in [5, 5.41) is 7.64. The van der Waals surface area contributed by atoms with E-state index in [2.05, 4.69) is 20.9 Å². The maximum Gasteiger partial charge on any atom is 0.433 e. The van der Waals surface area contributed by atoms with Crippen molar-refractivity contribution in [1.82, 2.24) is 20.9 Å². The number of nitrogens with zero attached hydrogens (tertiary/aromatic N) is 1. The Bertz CT molecular complexity index is 1070. The molecular weight excluding hydrogens is 441 g/mol. The second kappa shape index (κ2) is 8.81.